The summed E-state index contributed by atoms with van der Waals surface area (Å²) in [5.41, 5.74) is 0.695. The van der Waals surface area contributed by atoms with E-state index in [2.05, 4.69) is 5.32 Å². The molecule has 1 N–H and O–H groups in total. The maximum atomic E-state index is 13.7. The topological polar surface area (TPSA) is 72.5 Å². The normalized spacial score (nSPS) is 16.7. The van der Waals surface area contributed by atoms with Crippen LogP contribution < -0.4 is 5.32 Å². The second-order valence-electron chi connectivity index (χ2n) is 6.89. The SMILES string of the molecule is CS(=O)(=O)c1cccc(C(=O)NCC2(c3cccc(F)c3)CCOCC2)c1. The Morgan fingerprint density at radius 2 is 1.85 bits per heavy atom. The molecule has 0 saturated carbocycles. The molecule has 1 fully saturated rings. The van der Waals surface area contributed by atoms with E-state index in [1.807, 2.05) is 6.07 Å². The number of rotatable bonds is 5. The van der Waals surface area contributed by atoms with Crippen molar-refractivity contribution in [2.24, 2.45) is 0 Å². The molecule has 0 bridgehead atoms. The number of carbonyl (C=O) groups excluding carboxylic acids is 1. The van der Waals surface area contributed by atoms with Gasteiger partial charge in [0.15, 0.2) is 9.84 Å². The number of halogens is 1. The molecular formula is C20H22FNO4S. The van der Waals surface area contributed by atoms with Crippen molar-refractivity contribution in [2.75, 3.05) is 26.0 Å². The van der Waals surface area contributed by atoms with Crippen LogP contribution in [0.15, 0.2) is 53.4 Å². The molecule has 144 valence electrons. The summed E-state index contributed by atoms with van der Waals surface area (Å²) < 4.78 is 42.6. The molecule has 1 heterocycles. The van der Waals surface area contributed by atoms with Crippen molar-refractivity contribution in [3.63, 3.8) is 0 Å². The third-order valence-corrected chi connectivity index (χ3v) is 6.11. The number of hydrogen-bond donors (Lipinski definition) is 1. The second-order valence-corrected chi connectivity index (χ2v) is 8.90. The number of nitrogens with one attached hydrogen (secondary N) is 1. The first-order chi connectivity index (χ1) is 12.8. The Morgan fingerprint density at radius 3 is 2.52 bits per heavy atom. The number of hydrogen-bond acceptors (Lipinski definition) is 4. The summed E-state index contributed by atoms with van der Waals surface area (Å²) in [4.78, 5) is 12.7. The predicted octanol–water partition coefficient (Wildman–Crippen LogP) is 2.71. The molecule has 2 aromatic carbocycles. The zero-order valence-corrected chi connectivity index (χ0v) is 15.9. The van der Waals surface area contributed by atoms with E-state index in [1.54, 1.807) is 18.2 Å². The number of carbonyl (C=O) groups is 1. The van der Waals surface area contributed by atoms with Crippen LogP contribution in [0.3, 0.4) is 0 Å². The van der Waals surface area contributed by atoms with Crippen molar-refractivity contribution in [1.29, 1.82) is 0 Å². The maximum absolute atomic E-state index is 13.7. The molecule has 1 saturated heterocycles. The minimum absolute atomic E-state index is 0.0982. The number of amides is 1. The Labute approximate surface area is 158 Å². The number of sulfone groups is 1. The fourth-order valence-corrected chi connectivity index (χ4v) is 4.03. The molecule has 0 aromatic heterocycles. The van der Waals surface area contributed by atoms with Crippen LogP contribution in [-0.2, 0) is 20.0 Å². The van der Waals surface area contributed by atoms with Gasteiger partial charge in [-0.2, -0.15) is 0 Å². The van der Waals surface area contributed by atoms with E-state index in [0.717, 1.165) is 11.8 Å². The van der Waals surface area contributed by atoms with Crippen molar-refractivity contribution >= 4 is 15.7 Å². The van der Waals surface area contributed by atoms with Crippen molar-refractivity contribution in [2.45, 2.75) is 23.2 Å². The van der Waals surface area contributed by atoms with Crippen molar-refractivity contribution in [3.8, 4) is 0 Å². The highest BCUT2D eigenvalue weighted by molar-refractivity contribution is 7.90. The fourth-order valence-electron chi connectivity index (χ4n) is 3.37. The van der Waals surface area contributed by atoms with Gasteiger partial charge in [-0.05, 0) is 48.7 Å². The van der Waals surface area contributed by atoms with Crippen LogP contribution in [-0.4, -0.2) is 40.3 Å². The Kier molecular flexibility index (Phi) is 5.62. The summed E-state index contributed by atoms with van der Waals surface area (Å²) in [6, 6.07) is 12.4. The highest BCUT2D eigenvalue weighted by Crippen LogP contribution is 2.34. The lowest BCUT2D eigenvalue weighted by Crippen LogP contribution is -2.44. The molecule has 3 rings (SSSR count). The Morgan fingerprint density at radius 1 is 1.15 bits per heavy atom. The number of benzene rings is 2. The lowest BCUT2D eigenvalue weighted by molar-refractivity contribution is 0.0486. The van der Waals surface area contributed by atoms with Gasteiger partial charge in [-0.15, -0.1) is 0 Å². The van der Waals surface area contributed by atoms with Crippen molar-refractivity contribution < 1.29 is 22.3 Å². The third-order valence-electron chi connectivity index (χ3n) is 5.00. The first kappa shape index (κ1) is 19.5. The lowest BCUT2D eigenvalue weighted by atomic mass is 9.74. The molecule has 27 heavy (non-hydrogen) atoms. The van der Waals surface area contributed by atoms with Gasteiger partial charge < -0.3 is 10.1 Å². The fraction of sp³-hybridized carbons (Fsp3) is 0.350. The van der Waals surface area contributed by atoms with Crippen LogP contribution in [0.5, 0.6) is 0 Å². The maximum Gasteiger partial charge on any atom is 0.251 e. The van der Waals surface area contributed by atoms with Gasteiger partial charge in [-0.1, -0.05) is 18.2 Å². The summed E-state index contributed by atoms with van der Waals surface area (Å²) in [6.07, 6.45) is 2.44. The lowest BCUT2D eigenvalue weighted by Gasteiger charge is -2.38. The van der Waals surface area contributed by atoms with E-state index >= 15 is 0 Å². The standard InChI is InChI=1S/C20H22FNO4S/c1-27(24,25)18-7-2-4-15(12-18)19(23)22-14-20(8-10-26-11-9-20)16-5-3-6-17(21)13-16/h2-7,12-13H,8-11,14H2,1H3,(H,22,23). The van der Waals surface area contributed by atoms with Gasteiger partial charge in [0.05, 0.1) is 4.90 Å². The van der Waals surface area contributed by atoms with E-state index in [9.17, 15) is 17.6 Å². The van der Waals surface area contributed by atoms with E-state index < -0.39 is 15.3 Å². The Bertz CT molecular complexity index is 937. The van der Waals surface area contributed by atoms with Gasteiger partial charge in [0.1, 0.15) is 5.82 Å². The summed E-state index contributed by atoms with van der Waals surface area (Å²) in [6.45, 7) is 1.40. The monoisotopic (exact) mass is 391 g/mol. The van der Waals surface area contributed by atoms with E-state index in [-0.39, 0.29) is 22.2 Å². The van der Waals surface area contributed by atoms with Crippen LogP contribution in [0.25, 0.3) is 0 Å². The van der Waals surface area contributed by atoms with Crippen LogP contribution in [0.2, 0.25) is 0 Å². The smallest absolute Gasteiger partial charge is 0.251 e. The summed E-state index contributed by atoms with van der Waals surface area (Å²) >= 11 is 0. The van der Waals surface area contributed by atoms with Crippen LogP contribution in [0.1, 0.15) is 28.8 Å². The molecule has 0 aliphatic carbocycles. The van der Waals surface area contributed by atoms with Crippen molar-refractivity contribution in [3.05, 3.63) is 65.5 Å². The molecular weight excluding hydrogens is 369 g/mol. The van der Waals surface area contributed by atoms with Gasteiger partial charge in [0, 0.05) is 37.0 Å². The van der Waals surface area contributed by atoms with Crippen LogP contribution in [0.4, 0.5) is 4.39 Å². The molecule has 1 aliphatic heterocycles. The minimum Gasteiger partial charge on any atom is -0.381 e. The average Bonchev–Trinajstić information content (AvgIpc) is 2.66. The Hall–Kier alpha value is -2.25. The van der Waals surface area contributed by atoms with E-state index in [0.29, 0.717) is 32.6 Å². The summed E-state index contributed by atoms with van der Waals surface area (Å²) in [5, 5.41) is 2.89. The molecule has 5 nitrogen and oxygen atoms in total. The minimum atomic E-state index is -3.39. The third kappa shape index (κ3) is 4.54. The molecule has 0 unspecified atom stereocenters. The molecule has 0 radical (unpaired) electrons. The summed E-state index contributed by atoms with van der Waals surface area (Å²) in [5.74, 6) is -0.673. The zero-order chi connectivity index (χ0) is 19.5. The Balaban J connectivity index is 1.81. The average molecular weight is 391 g/mol. The predicted molar refractivity (Wildman–Crippen MR) is 100 cm³/mol. The van der Waals surface area contributed by atoms with Gasteiger partial charge >= 0.3 is 0 Å². The highest BCUT2D eigenvalue weighted by atomic mass is 32.2. The quantitative estimate of drug-likeness (QED) is 0.851. The first-order valence-electron chi connectivity index (χ1n) is 8.72. The van der Waals surface area contributed by atoms with E-state index in [4.69, 9.17) is 4.74 Å². The van der Waals surface area contributed by atoms with Gasteiger partial charge in [0.25, 0.3) is 5.91 Å². The van der Waals surface area contributed by atoms with Gasteiger partial charge in [0.2, 0.25) is 0 Å². The largest absolute Gasteiger partial charge is 0.381 e. The van der Waals surface area contributed by atoms with Crippen molar-refractivity contribution in [1.82, 2.24) is 5.32 Å². The molecule has 0 spiro atoms. The molecule has 0 atom stereocenters. The van der Waals surface area contributed by atoms with E-state index in [1.165, 1.54) is 24.3 Å². The van der Waals surface area contributed by atoms with Gasteiger partial charge in [-0.3, -0.25) is 4.79 Å². The highest BCUT2D eigenvalue weighted by Gasteiger charge is 2.35. The van der Waals surface area contributed by atoms with Crippen LogP contribution in [0, 0.1) is 5.82 Å². The zero-order valence-electron chi connectivity index (χ0n) is 15.1. The molecule has 2 aromatic rings. The summed E-state index contributed by atoms with van der Waals surface area (Å²) in [7, 11) is -3.39. The van der Waals surface area contributed by atoms with Crippen LogP contribution >= 0.6 is 0 Å². The number of ether oxygens (including phenoxy) is 1. The molecule has 1 aliphatic rings. The molecule has 7 heteroatoms. The molecule has 1 amide bonds. The second kappa shape index (κ2) is 7.78. The first-order valence-corrected chi connectivity index (χ1v) is 10.6. The van der Waals surface area contributed by atoms with Gasteiger partial charge in [-0.25, -0.2) is 12.8 Å².